The van der Waals surface area contributed by atoms with Gasteiger partial charge in [-0.1, -0.05) is 47.1 Å². The van der Waals surface area contributed by atoms with Crippen LogP contribution >= 0.6 is 35.0 Å². The lowest BCUT2D eigenvalue weighted by atomic mass is 10.2. The Morgan fingerprint density at radius 1 is 1.00 bits per heavy atom. The quantitative estimate of drug-likeness (QED) is 0.532. The fourth-order valence-electron chi connectivity index (χ4n) is 4.03. The minimum absolute atomic E-state index is 0.0699. The summed E-state index contributed by atoms with van der Waals surface area (Å²) in [6.45, 7) is 5.35. The van der Waals surface area contributed by atoms with E-state index in [-0.39, 0.29) is 12.5 Å². The number of hydrogen-bond acceptors (Lipinski definition) is 6. The molecule has 186 valence electrons. The monoisotopic (exact) mass is 535 g/mol. The molecule has 2 saturated heterocycles. The highest BCUT2D eigenvalue weighted by Crippen LogP contribution is 2.40. The van der Waals surface area contributed by atoms with Crippen LogP contribution in [0.25, 0.3) is 6.08 Å². The van der Waals surface area contributed by atoms with Gasteiger partial charge in [-0.25, -0.2) is 0 Å². The summed E-state index contributed by atoms with van der Waals surface area (Å²) in [4.78, 5) is 31.1. The van der Waals surface area contributed by atoms with Gasteiger partial charge >= 0.3 is 5.97 Å². The van der Waals surface area contributed by atoms with Crippen molar-refractivity contribution in [2.45, 2.75) is 9.79 Å². The molecule has 0 bridgehead atoms. The van der Waals surface area contributed by atoms with E-state index in [4.69, 9.17) is 33.0 Å². The van der Waals surface area contributed by atoms with E-state index in [9.17, 15) is 9.59 Å². The number of carboxylic acid groups (broad SMARTS) is 1. The van der Waals surface area contributed by atoms with Gasteiger partial charge in [0.1, 0.15) is 0 Å². The summed E-state index contributed by atoms with van der Waals surface area (Å²) in [5.74, 6) is -0.864. The summed E-state index contributed by atoms with van der Waals surface area (Å²) in [6, 6.07) is 12.0. The SMILES string of the molecule is O=C(O)CN1CCN(c2cccc(Sc3ccc(/C=C/C(=O)N4CCOCC4)c(Cl)c3Cl)c2)CC1. The Morgan fingerprint density at radius 2 is 1.74 bits per heavy atom. The second-order valence-corrected chi connectivity index (χ2v) is 10.2. The van der Waals surface area contributed by atoms with Crippen LogP contribution < -0.4 is 4.90 Å². The number of ether oxygens (including phenoxy) is 1. The fourth-order valence-corrected chi connectivity index (χ4v) is 5.51. The summed E-state index contributed by atoms with van der Waals surface area (Å²) >= 11 is 14.7. The van der Waals surface area contributed by atoms with Gasteiger partial charge < -0.3 is 19.6 Å². The first kappa shape index (κ1) is 25.9. The van der Waals surface area contributed by atoms with Crippen LogP contribution in [0.3, 0.4) is 0 Å². The van der Waals surface area contributed by atoms with Crippen molar-refractivity contribution in [2.75, 3.05) is 63.9 Å². The number of rotatable bonds is 7. The molecule has 0 spiro atoms. The molecule has 2 heterocycles. The van der Waals surface area contributed by atoms with Crippen LogP contribution in [0.15, 0.2) is 52.3 Å². The predicted molar refractivity (Wildman–Crippen MR) is 140 cm³/mol. The molecule has 35 heavy (non-hydrogen) atoms. The molecular formula is C25H27Cl2N3O4S. The van der Waals surface area contributed by atoms with Crippen LogP contribution in [0.4, 0.5) is 5.69 Å². The van der Waals surface area contributed by atoms with E-state index in [2.05, 4.69) is 17.0 Å². The third-order valence-corrected chi connectivity index (χ3v) is 8.01. The normalized spacial score (nSPS) is 17.2. The van der Waals surface area contributed by atoms with Crippen LogP contribution in [0.1, 0.15) is 5.56 Å². The van der Waals surface area contributed by atoms with E-state index >= 15 is 0 Å². The van der Waals surface area contributed by atoms with Crippen molar-refractivity contribution in [1.29, 1.82) is 0 Å². The number of carbonyl (C=O) groups is 2. The molecule has 7 nitrogen and oxygen atoms in total. The summed E-state index contributed by atoms with van der Waals surface area (Å²) in [5, 5.41) is 9.85. The lowest BCUT2D eigenvalue weighted by Crippen LogP contribution is -2.47. The van der Waals surface area contributed by atoms with Crippen LogP contribution in [0.5, 0.6) is 0 Å². The van der Waals surface area contributed by atoms with Crippen molar-refractivity contribution in [3.05, 3.63) is 58.1 Å². The van der Waals surface area contributed by atoms with Gasteiger partial charge in [0.25, 0.3) is 0 Å². The zero-order chi connectivity index (χ0) is 24.8. The van der Waals surface area contributed by atoms with Gasteiger partial charge in [-0.15, -0.1) is 0 Å². The summed E-state index contributed by atoms with van der Waals surface area (Å²) < 4.78 is 5.29. The third-order valence-electron chi connectivity index (χ3n) is 5.95. The molecule has 0 radical (unpaired) electrons. The number of amides is 1. The average Bonchev–Trinajstić information content (AvgIpc) is 2.87. The molecule has 2 fully saturated rings. The molecule has 2 aromatic carbocycles. The zero-order valence-electron chi connectivity index (χ0n) is 19.2. The Bertz CT molecular complexity index is 1100. The van der Waals surface area contributed by atoms with Crippen LogP contribution in [-0.4, -0.2) is 85.8 Å². The Kier molecular flexibility index (Phi) is 8.97. The average molecular weight is 536 g/mol. The van der Waals surface area contributed by atoms with Crippen molar-refractivity contribution in [2.24, 2.45) is 0 Å². The summed E-state index contributed by atoms with van der Waals surface area (Å²) in [7, 11) is 0. The molecular weight excluding hydrogens is 509 g/mol. The predicted octanol–water partition coefficient (Wildman–Crippen LogP) is 4.22. The lowest BCUT2D eigenvalue weighted by molar-refractivity contribution is -0.138. The third kappa shape index (κ3) is 6.92. The Labute approximate surface area is 219 Å². The highest BCUT2D eigenvalue weighted by atomic mass is 35.5. The molecule has 10 heteroatoms. The number of halogens is 2. The van der Waals surface area contributed by atoms with Gasteiger partial charge in [-0.3, -0.25) is 14.5 Å². The van der Waals surface area contributed by atoms with Gasteiger partial charge in [-0.2, -0.15) is 0 Å². The molecule has 0 aliphatic carbocycles. The zero-order valence-corrected chi connectivity index (χ0v) is 21.5. The Hall–Kier alpha value is -2.23. The smallest absolute Gasteiger partial charge is 0.317 e. The topological polar surface area (TPSA) is 73.3 Å². The Balaban J connectivity index is 1.40. The molecule has 1 N–H and O–H groups in total. The maximum absolute atomic E-state index is 12.4. The van der Waals surface area contributed by atoms with E-state index in [0.717, 1.165) is 28.6 Å². The number of anilines is 1. The maximum Gasteiger partial charge on any atom is 0.317 e. The van der Waals surface area contributed by atoms with Gasteiger partial charge in [-0.05, 0) is 35.9 Å². The number of carbonyl (C=O) groups excluding carboxylic acids is 1. The number of hydrogen-bond donors (Lipinski definition) is 1. The van der Waals surface area contributed by atoms with Crippen molar-refractivity contribution in [3.8, 4) is 0 Å². The van der Waals surface area contributed by atoms with Crippen LogP contribution in [0, 0.1) is 0 Å². The fraction of sp³-hybridized carbons (Fsp3) is 0.360. The number of carboxylic acids is 1. The van der Waals surface area contributed by atoms with Gasteiger partial charge in [0.05, 0.1) is 29.8 Å². The van der Waals surface area contributed by atoms with Crippen molar-refractivity contribution >= 4 is 58.6 Å². The number of piperazine rings is 1. The number of benzene rings is 2. The van der Waals surface area contributed by atoms with E-state index in [1.165, 1.54) is 17.8 Å². The van der Waals surface area contributed by atoms with Crippen molar-refractivity contribution < 1.29 is 19.4 Å². The summed E-state index contributed by atoms with van der Waals surface area (Å²) in [5.41, 5.74) is 1.78. The summed E-state index contributed by atoms with van der Waals surface area (Å²) in [6.07, 6.45) is 3.22. The van der Waals surface area contributed by atoms with Gasteiger partial charge in [0.15, 0.2) is 0 Å². The molecule has 2 aromatic rings. The standard InChI is InChI=1S/C25H27Cl2N3O4S/c26-24-18(5-7-22(31)30-12-14-34-15-13-30)4-6-21(25(24)27)35-20-3-1-2-19(16-20)29-10-8-28(9-11-29)17-23(32)33/h1-7,16H,8-15,17H2,(H,32,33)/b7-5+. The molecule has 0 atom stereocenters. The lowest BCUT2D eigenvalue weighted by Gasteiger charge is -2.35. The van der Waals surface area contributed by atoms with E-state index in [0.29, 0.717) is 55.0 Å². The van der Waals surface area contributed by atoms with E-state index in [1.807, 2.05) is 29.2 Å². The van der Waals surface area contributed by atoms with E-state index < -0.39 is 5.97 Å². The van der Waals surface area contributed by atoms with Crippen molar-refractivity contribution in [3.63, 3.8) is 0 Å². The molecule has 2 aliphatic rings. The minimum atomic E-state index is -0.794. The maximum atomic E-state index is 12.4. The van der Waals surface area contributed by atoms with Crippen LogP contribution in [0.2, 0.25) is 10.0 Å². The molecule has 1 amide bonds. The van der Waals surface area contributed by atoms with Gasteiger partial charge in [0, 0.05) is 60.8 Å². The second kappa shape index (κ2) is 12.1. The largest absolute Gasteiger partial charge is 0.480 e. The van der Waals surface area contributed by atoms with E-state index in [1.54, 1.807) is 11.0 Å². The molecule has 2 aliphatic heterocycles. The number of nitrogens with zero attached hydrogens (tertiary/aromatic N) is 3. The molecule has 0 unspecified atom stereocenters. The molecule has 0 saturated carbocycles. The highest BCUT2D eigenvalue weighted by Gasteiger charge is 2.19. The first-order valence-corrected chi connectivity index (χ1v) is 13.0. The number of aliphatic carboxylic acids is 1. The first-order valence-electron chi connectivity index (χ1n) is 11.4. The van der Waals surface area contributed by atoms with Gasteiger partial charge in [0.2, 0.25) is 5.91 Å². The minimum Gasteiger partial charge on any atom is -0.480 e. The van der Waals surface area contributed by atoms with Crippen LogP contribution in [-0.2, 0) is 14.3 Å². The Morgan fingerprint density at radius 3 is 2.46 bits per heavy atom. The second-order valence-electron chi connectivity index (χ2n) is 8.31. The van der Waals surface area contributed by atoms with Crippen molar-refractivity contribution in [1.82, 2.24) is 9.80 Å². The molecule has 0 aromatic heterocycles. The number of morpholine rings is 1. The molecule has 4 rings (SSSR count). The first-order chi connectivity index (χ1) is 16.9. The highest BCUT2D eigenvalue weighted by molar-refractivity contribution is 7.99.